The van der Waals surface area contributed by atoms with Gasteiger partial charge in [0.2, 0.25) is 11.8 Å². The number of carbonyl (C=O) groups is 2. The smallest absolute Gasteiger partial charge is 0.264 e. The van der Waals surface area contributed by atoms with Gasteiger partial charge >= 0.3 is 0 Å². The van der Waals surface area contributed by atoms with E-state index in [-0.39, 0.29) is 35.9 Å². The number of carbonyl (C=O) groups excluding carboxylic acids is 2. The van der Waals surface area contributed by atoms with Crippen LogP contribution in [-0.4, -0.2) is 56.5 Å². The Morgan fingerprint density at radius 3 is 2.21 bits per heavy atom. The molecule has 0 saturated heterocycles. The average Bonchev–Trinajstić information content (AvgIpc) is 3.05. The molecule has 1 N–H and O–H groups in total. The van der Waals surface area contributed by atoms with Gasteiger partial charge in [-0.05, 0) is 80.4 Å². The van der Waals surface area contributed by atoms with Crippen LogP contribution in [0.2, 0.25) is 0 Å². The number of nitrogens with zero attached hydrogens (tertiary/aromatic N) is 2. The third-order valence-electron chi connectivity index (χ3n) is 7.51. The molecule has 1 unspecified atom stereocenters. The number of anilines is 1. The summed E-state index contributed by atoms with van der Waals surface area (Å²) >= 11 is 3.48. The molecule has 0 saturated carbocycles. The van der Waals surface area contributed by atoms with Gasteiger partial charge in [-0.15, -0.1) is 0 Å². The fourth-order valence-corrected chi connectivity index (χ4v) is 7.16. The van der Waals surface area contributed by atoms with Gasteiger partial charge < -0.3 is 19.7 Å². The molecular formula is C36H37BrFN3O6S. The highest BCUT2D eigenvalue weighted by Crippen LogP contribution is 2.34. The van der Waals surface area contributed by atoms with Gasteiger partial charge in [-0.25, -0.2) is 12.8 Å². The van der Waals surface area contributed by atoms with Crippen LogP contribution >= 0.6 is 15.9 Å². The van der Waals surface area contributed by atoms with Crippen molar-refractivity contribution in [2.24, 2.45) is 0 Å². The summed E-state index contributed by atoms with van der Waals surface area (Å²) in [7, 11) is -4.42. The largest absolute Gasteiger partial charge is 0.486 e. The molecule has 1 atom stereocenters. The maximum atomic E-state index is 14.6. The van der Waals surface area contributed by atoms with Crippen LogP contribution in [0.1, 0.15) is 31.9 Å². The second-order valence-electron chi connectivity index (χ2n) is 12.4. The van der Waals surface area contributed by atoms with E-state index in [1.165, 1.54) is 35.2 Å². The molecule has 4 aromatic carbocycles. The van der Waals surface area contributed by atoms with Crippen molar-refractivity contribution in [3.8, 4) is 11.5 Å². The maximum Gasteiger partial charge on any atom is 0.264 e. The molecule has 4 aromatic rings. The molecule has 1 aliphatic heterocycles. The van der Waals surface area contributed by atoms with Crippen molar-refractivity contribution < 1.29 is 31.9 Å². The molecule has 0 spiro atoms. The Morgan fingerprint density at radius 1 is 0.875 bits per heavy atom. The summed E-state index contributed by atoms with van der Waals surface area (Å²) in [5.74, 6) is -0.938. The lowest BCUT2D eigenvalue weighted by atomic mass is 10.0. The van der Waals surface area contributed by atoms with Crippen LogP contribution < -0.4 is 19.1 Å². The van der Waals surface area contributed by atoms with Gasteiger partial charge in [0.1, 0.15) is 31.6 Å². The molecule has 0 radical (unpaired) electrons. The van der Waals surface area contributed by atoms with Crippen molar-refractivity contribution in [1.82, 2.24) is 10.2 Å². The quantitative estimate of drug-likeness (QED) is 0.199. The monoisotopic (exact) mass is 737 g/mol. The number of halogens is 2. The molecule has 2 amide bonds. The number of nitrogens with one attached hydrogen (secondary N) is 1. The summed E-state index contributed by atoms with van der Waals surface area (Å²) < 4.78 is 55.6. The van der Waals surface area contributed by atoms with E-state index < -0.39 is 45.8 Å². The van der Waals surface area contributed by atoms with Crippen LogP contribution in [0.4, 0.5) is 10.1 Å². The van der Waals surface area contributed by atoms with Gasteiger partial charge in [-0.1, -0.05) is 58.4 Å². The first-order chi connectivity index (χ1) is 22.8. The minimum Gasteiger partial charge on any atom is -0.486 e. The van der Waals surface area contributed by atoms with E-state index in [0.29, 0.717) is 12.4 Å². The summed E-state index contributed by atoms with van der Waals surface area (Å²) in [6, 6.07) is 24.7. The number of benzene rings is 4. The normalized spacial score (nSPS) is 13.4. The van der Waals surface area contributed by atoms with Crippen LogP contribution in [-0.2, 0) is 32.6 Å². The van der Waals surface area contributed by atoms with E-state index in [0.717, 1.165) is 32.0 Å². The van der Waals surface area contributed by atoms with E-state index in [2.05, 4.69) is 21.2 Å². The van der Waals surface area contributed by atoms with Gasteiger partial charge in [-0.2, -0.15) is 0 Å². The van der Waals surface area contributed by atoms with Crippen LogP contribution in [0.25, 0.3) is 0 Å². The number of hydrogen-bond donors (Lipinski definition) is 1. The molecule has 9 nitrogen and oxygen atoms in total. The molecule has 48 heavy (non-hydrogen) atoms. The molecule has 0 aliphatic carbocycles. The minimum atomic E-state index is -4.42. The lowest BCUT2D eigenvalue weighted by Gasteiger charge is -2.35. The fourth-order valence-electron chi connectivity index (χ4n) is 5.29. The predicted molar refractivity (Wildman–Crippen MR) is 185 cm³/mol. The second kappa shape index (κ2) is 14.8. The van der Waals surface area contributed by atoms with Crippen molar-refractivity contribution in [2.45, 2.75) is 50.2 Å². The Morgan fingerprint density at radius 2 is 1.54 bits per heavy atom. The molecule has 252 valence electrons. The molecular weight excluding hydrogens is 701 g/mol. The summed E-state index contributed by atoms with van der Waals surface area (Å²) in [5, 5.41) is 3.01. The highest BCUT2D eigenvalue weighted by Gasteiger charge is 2.36. The fraction of sp³-hybridized carbons (Fsp3) is 0.278. The van der Waals surface area contributed by atoms with Crippen LogP contribution in [0.5, 0.6) is 11.5 Å². The highest BCUT2D eigenvalue weighted by molar-refractivity contribution is 9.10. The highest BCUT2D eigenvalue weighted by atomic mass is 79.9. The van der Waals surface area contributed by atoms with E-state index in [1.54, 1.807) is 0 Å². The number of hydrogen-bond acceptors (Lipinski definition) is 6. The Kier molecular flexibility index (Phi) is 10.7. The Bertz CT molecular complexity index is 1870. The molecule has 1 heterocycles. The SMILES string of the molecule is CC(C)(C)NC(=O)C(Cc1ccccc1)N(Cc1cccc(Br)c1)C(=O)CN(c1ccc(F)cc1)S(=O)(=O)c1ccc2c(c1)OCCO2. The van der Waals surface area contributed by atoms with Crippen LogP contribution in [0.15, 0.2) is 106 Å². The first-order valence-electron chi connectivity index (χ1n) is 15.4. The van der Waals surface area contributed by atoms with Crippen molar-refractivity contribution in [1.29, 1.82) is 0 Å². The second-order valence-corrected chi connectivity index (χ2v) is 15.2. The maximum absolute atomic E-state index is 14.6. The lowest BCUT2D eigenvalue weighted by molar-refractivity contribution is -0.140. The Labute approximate surface area is 288 Å². The van der Waals surface area contributed by atoms with Gasteiger partial charge in [0.25, 0.3) is 10.0 Å². The average molecular weight is 739 g/mol. The van der Waals surface area contributed by atoms with Crippen molar-refractivity contribution in [3.63, 3.8) is 0 Å². The standard InChI is InChI=1S/C36H37BrFN3O6S/c1-36(2,3)39-35(43)31(21-25-8-5-4-6-9-25)40(23-26-10-7-11-27(37)20-26)34(42)24-41(29-14-12-28(38)13-15-29)48(44,45)30-16-17-32-33(22-30)47-19-18-46-32/h4-17,20,22,31H,18-19,21,23-24H2,1-3H3,(H,39,43). The topological polar surface area (TPSA) is 105 Å². The number of ether oxygens (including phenoxy) is 2. The summed E-state index contributed by atoms with van der Waals surface area (Å²) in [6.45, 7) is 5.46. The minimum absolute atomic E-state index is 0.00860. The van der Waals surface area contributed by atoms with Gasteiger partial charge in [0.05, 0.1) is 10.6 Å². The van der Waals surface area contributed by atoms with Crippen molar-refractivity contribution in [2.75, 3.05) is 24.1 Å². The van der Waals surface area contributed by atoms with Crippen molar-refractivity contribution >= 4 is 43.5 Å². The third kappa shape index (κ3) is 8.73. The molecule has 0 aromatic heterocycles. The van der Waals surface area contributed by atoms with Gasteiger partial charge in [0, 0.05) is 29.0 Å². The Balaban J connectivity index is 1.58. The van der Waals surface area contributed by atoms with Gasteiger partial charge in [0.15, 0.2) is 11.5 Å². The summed E-state index contributed by atoms with van der Waals surface area (Å²) in [5.41, 5.74) is 0.999. The Hall–Kier alpha value is -4.42. The molecule has 12 heteroatoms. The number of sulfonamides is 1. The van der Waals surface area contributed by atoms with E-state index in [4.69, 9.17) is 9.47 Å². The summed E-state index contributed by atoms with van der Waals surface area (Å²) in [4.78, 5) is 29.9. The van der Waals surface area contributed by atoms with E-state index in [1.807, 2.05) is 75.4 Å². The lowest BCUT2D eigenvalue weighted by Crippen LogP contribution is -2.56. The molecule has 0 bridgehead atoms. The zero-order valence-electron chi connectivity index (χ0n) is 26.9. The predicted octanol–water partition coefficient (Wildman–Crippen LogP) is 6.11. The third-order valence-corrected chi connectivity index (χ3v) is 9.77. The number of rotatable bonds is 11. The van der Waals surface area contributed by atoms with E-state index >= 15 is 0 Å². The van der Waals surface area contributed by atoms with E-state index in [9.17, 15) is 22.4 Å². The molecule has 1 aliphatic rings. The first kappa shape index (κ1) is 34.9. The van der Waals surface area contributed by atoms with Crippen LogP contribution in [0.3, 0.4) is 0 Å². The van der Waals surface area contributed by atoms with Crippen molar-refractivity contribution in [3.05, 3.63) is 118 Å². The zero-order valence-corrected chi connectivity index (χ0v) is 29.3. The number of fused-ring (bicyclic) bond motifs is 1. The first-order valence-corrected chi connectivity index (χ1v) is 17.6. The molecule has 0 fully saturated rings. The molecule has 5 rings (SSSR count). The van der Waals surface area contributed by atoms with Gasteiger partial charge in [-0.3, -0.25) is 13.9 Å². The zero-order chi connectivity index (χ0) is 34.5. The van der Waals surface area contributed by atoms with Crippen LogP contribution in [0, 0.1) is 5.82 Å². The summed E-state index contributed by atoms with van der Waals surface area (Å²) in [6.07, 6.45) is 0.175. The number of amides is 2.